The summed E-state index contributed by atoms with van der Waals surface area (Å²) in [6.45, 7) is 0.273. The lowest BCUT2D eigenvalue weighted by Gasteiger charge is -2.26. The number of urea groups is 1. The minimum Gasteiger partial charge on any atom is -0.489 e. The Morgan fingerprint density at radius 1 is 0.903 bits per heavy atom. The second kappa shape index (κ2) is 8.85. The second-order valence-electron chi connectivity index (χ2n) is 6.75. The molecule has 3 aromatic carbocycles. The minimum atomic E-state index is -0.782. The Morgan fingerprint density at radius 2 is 1.65 bits per heavy atom. The molecule has 1 heterocycles. The van der Waals surface area contributed by atoms with Crippen LogP contribution in [-0.4, -0.2) is 17.8 Å². The van der Waals surface area contributed by atoms with E-state index in [1.165, 1.54) is 6.08 Å². The zero-order valence-electron chi connectivity index (χ0n) is 16.2. The number of imide groups is 2. The highest BCUT2D eigenvalue weighted by atomic mass is 35.5. The van der Waals surface area contributed by atoms with Crippen LogP contribution in [-0.2, 0) is 16.2 Å². The number of ether oxygens (including phenoxy) is 1. The van der Waals surface area contributed by atoms with Gasteiger partial charge in [-0.15, -0.1) is 0 Å². The summed E-state index contributed by atoms with van der Waals surface area (Å²) < 4.78 is 5.80. The highest BCUT2D eigenvalue weighted by Crippen LogP contribution is 2.24. The summed E-state index contributed by atoms with van der Waals surface area (Å²) in [5, 5.41) is 2.82. The lowest BCUT2D eigenvalue weighted by molar-refractivity contribution is -0.122. The number of carbonyl (C=O) groups excluding carboxylic acids is 3. The smallest absolute Gasteiger partial charge is 0.335 e. The van der Waals surface area contributed by atoms with E-state index < -0.39 is 17.8 Å². The third-order valence-corrected chi connectivity index (χ3v) is 5.01. The number of hydrogen-bond acceptors (Lipinski definition) is 4. The first-order chi connectivity index (χ1) is 15.0. The summed E-state index contributed by atoms with van der Waals surface area (Å²) >= 11 is 6.16. The van der Waals surface area contributed by atoms with Crippen LogP contribution in [0.2, 0.25) is 5.02 Å². The number of hydrogen-bond donors (Lipinski definition) is 1. The Balaban J connectivity index is 1.58. The molecular weight excluding hydrogens is 416 g/mol. The predicted molar refractivity (Wildman–Crippen MR) is 118 cm³/mol. The molecule has 0 unspecified atom stereocenters. The molecule has 3 aromatic rings. The molecule has 1 fully saturated rings. The molecule has 1 aliphatic heterocycles. The Morgan fingerprint density at radius 3 is 2.42 bits per heavy atom. The van der Waals surface area contributed by atoms with Gasteiger partial charge in [-0.1, -0.05) is 60.1 Å². The van der Waals surface area contributed by atoms with Crippen molar-refractivity contribution < 1.29 is 19.1 Å². The van der Waals surface area contributed by atoms with Crippen molar-refractivity contribution in [2.24, 2.45) is 0 Å². The number of amides is 4. The van der Waals surface area contributed by atoms with Crippen LogP contribution >= 0.6 is 11.6 Å². The summed E-state index contributed by atoms with van der Waals surface area (Å²) in [6.07, 6.45) is 1.43. The zero-order chi connectivity index (χ0) is 21.8. The largest absolute Gasteiger partial charge is 0.489 e. The Kier molecular flexibility index (Phi) is 5.82. The van der Waals surface area contributed by atoms with Crippen molar-refractivity contribution in [3.05, 3.63) is 101 Å². The number of benzene rings is 3. The molecule has 0 aliphatic carbocycles. The van der Waals surface area contributed by atoms with Crippen molar-refractivity contribution in [1.82, 2.24) is 5.32 Å². The molecule has 6 nitrogen and oxygen atoms in total. The molecule has 7 heteroatoms. The summed E-state index contributed by atoms with van der Waals surface area (Å²) in [7, 11) is 0. The van der Waals surface area contributed by atoms with Gasteiger partial charge in [-0.05, 0) is 42.0 Å². The first-order valence-corrected chi connectivity index (χ1v) is 9.83. The van der Waals surface area contributed by atoms with Crippen molar-refractivity contribution in [1.29, 1.82) is 0 Å². The van der Waals surface area contributed by atoms with E-state index in [-0.39, 0.29) is 12.2 Å². The van der Waals surface area contributed by atoms with Gasteiger partial charge in [-0.3, -0.25) is 14.9 Å². The average molecular weight is 433 g/mol. The first-order valence-electron chi connectivity index (χ1n) is 9.46. The molecule has 4 rings (SSSR count). The molecular formula is C24H17ClN2O4. The summed E-state index contributed by atoms with van der Waals surface area (Å²) in [5.41, 5.74) is 1.65. The van der Waals surface area contributed by atoms with E-state index in [9.17, 15) is 14.4 Å². The average Bonchev–Trinajstić information content (AvgIpc) is 2.77. The molecule has 0 spiro atoms. The van der Waals surface area contributed by atoms with Crippen LogP contribution in [0.1, 0.15) is 11.1 Å². The predicted octanol–water partition coefficient (Wildman–Crippen LogP) is 4.59. The van der Waals surface area contributed by atoms with Crippen LogP contribution in [0.4, 0.5) is 10.5 Å². The number of rotatable bonds is 5. The minimum absolute atomic E-state index is 0.147. The topological polar surface area (TPSA) is 75.7 Å². The van der Waals surface area contributed by atoms with Gasteiger partial charge in [0.05, 0.1) is 5.69 Å². The monoisotopic (exact) mass is 432 g/mol. The van der Waals surface area contributed by atoms with Gasteiger partial charge in [-0.2, -0.15) is 0 Å². The van der Waals surface area contributed by atoms with E-state index in [4.69, 9.17) is 16.3 Å². The van der Waals surface area contributed by atoms with Crippen LogP contribution in [0.15, 0.2) is 84.4 Å². The Hall–Kier alpha value is -3.90. The van der Waals surface area contributed by atoms with Crippen LogP contribution in [0.25, 0.3) is 6.08 Å². The van der Waals surface area contributed by atoms with Gasteiger partial charge in [0.25, 0.3) is 11.8 Å². The molecule has 0 radical (unpaired) electrons. The van der Waals surface area contributed by atoms with Crippen molar-refractivity contribution >= 4 is 41.2 Å². The number of nitrogens with one attached hydrogen (secondary N) is 1. The molecule has 31 heavy (non-hydrogen) atoms. The third-order valence-electron chi connectivity index (χ3n) is 4.64. The number of anilines is 1. The molecule has 1 aliphatic rings. The van der Waals surface area contributed by atoms with Gasteiger partial charge in [0.15, 0.2) is 0 Å². The highest BCUT2D eigenvalue weighted by molar-refractivity contribution is 6.39. The summed E-state index contributed by atoms with van der Waals surface area (Å²) in [6, 6.07) is 22.0. The second-order valence-corrected chi connectivity index (χ2v) is 7.15. The maximum atomic E-state index is 12.9. The fourth-order valence-corrected chi connectivity index (χ4v) is 3.30. The summed E-state index contributed by atoms with van der Waals surface area (Å²) in [4.78, 5) is 38.4. The fraction of sp³-hybridized carbons (Fsp3) is 0.0417. The van der Waals surface area contributed by atoms with E-state index in [1.807, 2.05) is 18.2 Å². The quantitative estimate of drug-likeness (QED) is 0.472. The van der Waals surface area contributed by atoms with Crippen molar-refractivity contribution in [3.63, 3.8) is 0 Å². The molecule has 154 valence electrons. The van der Waals surface area contributed by atoms with Gasteiger partial charge < -0.3 is 4.74 Å². The Bertz CT molecular complexity index is 1190. The van der Waals surface area contributed by atoms with Crippen molar-refractivity contribution in [2.75, 3.05) is 4.90 Å². The first kappa shape index (κ1) is 20.4. The number of halogens is 1. The zero-order valence-corrected chi connectivity index (χ0v) is 17.0. The molecule has 1 N–H and O–H groups in total. The van der Waals surface area contributed by atoms with Crippen LogP contribution < -0.4 is 15.0 Å². The van der Waals surface area contributed by atoms with Crippen LogP contribution in [0, 0.1) is 0 Å². The van der Waals surface area contributed by atoms with Gasteiger partial charge in [0.1, 0.15) is 17.9 Å². The van der Waals surface area contributed by atoms with Gasteiger partial charge in [-0.25, -0.2) is 9.69 Å². The van der Waals surface area contributed by atoms with E-state index in [0.717, 1.165) is 10.5 Å². The maximum absolute atomic E-state index is 12.9. The standard InChI is InChI=1S/C24H17ClN2O4/c25-21-12-5-4-8-17(21)15-31-19-11-6-7-16(13-19)14-20-22(28)26-24(30)27(23(20)29)18-9-2-1-3-10-18/h1-14H,15H2,(H,26,28,30)/b20-14-. The van der Waals surface area contributed by atoms with E-state index in [2.05, 4.69) is 5.32 Å². The normalized spacial score (nSPS) is 15.2. The lowest BCUT2D eigenvalue weighted by atomic mass is 10.1. The van der Waals surface area contributed by atoms with Crippen LogP contribution in [0.5, 0.6) is 5.75 Å². The molecule has 0 aromatic heterocycles. The molecule has 4 amide bonds. The van der Waals surface area contributed by atoms with Crippen molar-refractivity contribution in [3.8, 4) is 5.75 Å². The van der Waals surface area contributed by atoms with Gasteiger partial charge in [0.2, 0.25) is 0 Å². The fourth-order valence-electron chi connectivity index (χ4n) is 3.11. The van der Waals surface area contributed by atoms with Gasteiger partial charge >= 0.3 is 6.03 Å². The van der Waals surface area contributed by atoms with E-state index in [1.54, 1.807) is 60.7 Å². The van der Waals surface area contributed by atoms with Crippen molar-refractivity contribution in [2.45, 2.75) is 6.61 Å². The number of barbiturate groups is 1. The van der Waals surface area contributed by atoms with E-state index in [0.29, 0.717) is 22.0 Å². The lowest BCUT2D eigenvalue weighted by Crippen LogP contribution is -2.54. The number of para-hydroxylation sites is 1. The van der Waals surface area contributed by atoms with E-state index >= 15 is 0 Å². The molecule has 0 saturated carbocycles. The SMILES string of the molecule is O=C1NC(=O)N(c2ccccc2)C(=O)/C1=C\c1cccc(OCc2ccccc2Cl)c1. The molecule has 0 bridgehead atoms. The molecule has 1 saturated heterocycles. The molecule has 0 atom stereocenters. The maximum Gasteiger partial charge on any atom is 0.335 e. The van der Waals surface area contributed by atoms with Crippen LogP contribution in [0.3, 0.4) is 0 Å². The number of nitrogens with zero attached hydrogens (tertiary/aromatic N) is 1. The Labute approximate surface area is 183 Å². The summed E-state index contributed by atoms with van der Waals surface area (Å²) in [5.74, 6) is -0.888. The number of carbonyl (C=O) groups is 3. The third kappa shape index (κ3) is 4.49. The highest BCUT2D eigenvalue weighted by Gasteiger charge is 2.36. The van der Waals surface area contributed by atoms with Gasteiger partial charge in [0, 0.05) is 10.6 Å².